The fraction of sp³-hybridized carbons (Fsp3) is 0.923. The zero-order valence-corrected chi connectivity index (χ0v) is 11.7. The van der Waals surface area contributed by atoms with Gasteiger partial charge in [0.1, 0.15) is 5.60 Å². The van der Waals surface area contributed by atoms with Crippen molar-refractivity contribution in [2.75, 3.05) is 6.54 Å². The molecule has 1 aliphatic rings. The number of hydrogen-bond donors (Lipinski definition) is 2. The summed E-state index contributed by atoms with van der Waals surface area (Å²) < 4.78 is 5.26. The highest BCUT2D eigenvalue weighted by Crippen LogP contribution is 2.16. The maximum Gasteiger partial charge on any atom is 0.407 e. The molecule has 4 nitrogen and oxygen atoms in total. The van der Waals surface area contributed by atoms with E-state index in [1.54, 1.807) is 0 Å². The molecule has 1 heterocycles. The van der Waals surface area contributed by atoms with Crippen molar-refractivity contribution in [2.24, 2.45) is 5.92 Å². The maximum absolute atomic E-state index is 11.6. The topological polar surface area (TPSA) is 50.4 Å². The van der Waals surface area contributed by atoms with E-state index in [0.717, 1.165) is 19.4 Å². The molecular formula is C13H26N2O2. The van der Waals surface area contributed by atoms with Crippen LogP contribution in [0.5, 0.6) is 0 Å². The van der Waals surface area contributed by atoms with Gasteiger partial charge < -0.3 is 15.4 Å². The number of amides is 1. The summed E-state index contributed by atoms with van der Waals surface area (Å²) in [6.07, 6.45) is 1.83. The smallest absolute Gasteiger partial charge is 0.407 e. The number of ether oxygens (including phenoxy) is 1. The summed E-state index contributed by atoms with van der Waals surface area (Å²) in [5, 5.41) is 6.38. The van der Waals surface area contributed by atoms with Crippen LogP contribution in [0.4, 0.5) is 4.79 Å². The van der Waals surface area contributed by atoms with Crippen LogP contribution in [0.1, 0.15) is 47.5 Å². The Balaban J connectivity index is 2.39. The highest BCUT2D eigenvalue weighted by Gasteiger charge is 2.24. The largest absolute Gasteiger partial charge is 0.444 e. The lowest BCUT2D eigenvalue weighted by Crippen LogP contribution is -2.44. The van der Waals surface area contributed by atoms with E-state index in [-0.39, 0.29) is 12.1 Å². The molecule has 1 unspecified atom stereocenters. The molecule has 0 aromatic carbocycles. The minimum atomic E-state index is -0.428. The van der Waals surface area contributed by atoms with Crippen molar-refractivity contribution >= 4 is 6.09 Å². The molecular weight excluding hydrogens is 216 g/mol. The van der Waals surface area contributed by atoms with Gasteiger partial charge in [0.25, 0.3) is 0 Å². The van der Waals surface area contributed by atoms with Gasteiger partial charge in [0.2, 0.25) is 0 Å². The van der Waals surface area contributed by atoms with Crippen LogP contribution in [0, 0.1) is 5.92 Å². The molecule has 1 rings (SSSR count). The van der Waals surface area contributed by atoms with Crippen molar-refractivity contribution in [2.45, 2.75) is 65.1 Å². The van der Waals surface area contributed by atoms with Crippen LogP contribution in [0.25, 0.3) is 0 Å². The van der Waals surface area contributed by atoms with E-state index in [1.165, 1.54) is 0 Å². The average molecular weight is 242 g/mol. The normalized spacial score (nSPS) is 30.5. The second kappa shape index (κ2) is 5.71. The van der Waals surface area contributed by atoms with Gasteiger partial charge in [-0.05, 0) is 46.5 Å². The van der Waals surface area contributed by atoms with E-state index in [4.69, 9.17) is 4.74 Å². The molecule has 1 aliphatic heterocycles. The summed E-state index contributed by atoms with van der Waals surface area (Å²) in [6.45, 7) is 10.9. The van der Waals surface area contributed by atoms with Crippen molar-refractivity contribution in [3.63, 3.8) is 0 Å². The molecule has 0 aromatic heterocycles. The molecule has 1 saturated heterocycles. The van der Waals surface area contributed by atoms with Gasteiger partial charge in [0, 0.05) is 18.6 Å². The molecule has 1 amide bonds. The molecule has 3 atom stereocenters. The highest BCUT2D eigenvalue weighted by atomic mass is 16.6. The summed E-state index contributed by atoms with van der Waals surface area (Å²) in [5.74, 6) is 0.653. The van der Waals surface area contributed by atoms with E-state index >= 15 is 0 Å². The Morgan fingerprint density at radius 2 is 1.94 bits per heavy atom. The highest BCUT2D eigenvalue weighted by molar-refractivity contribution is 5.68. The van der Waals surface area contributed by atoms with Crippen LogP contribution >= 0.6 is 0 Å². The summed E-state index contributed by atoms with van der Waals surface area (Å²) in [6, 6.07) is 0.692. The number of hydrogen-bond acceptors (Lipinski definition) is 3. The Morgan fingerprint density at radius 1 is 1.29 bits per heavy atom. The van der Waals surface area contributed by atoms with Crippen molar-refractivity contribution < 1.29 is 9.53 Å². The molecule has 100 valence electrons. The summed E-state index contributed by atoms with van der Waals surface area (Å²) in [7, 11) is 0. The molecule has 0 radical (unpaired) electrons. The monoisotopic (exact) mass is 242 g/mol. The van der Waals surface area contributed by atoms with Crippen molar-refractivity contribution in [1.82, 2.24) is 10.6 Å². The standard InChI is InChI=1S/C13H26N2O2/c1-9-6-7-11(8-14-10(9)2)15-12(16)17-13(3,4)5/h9-11,14H,6-8H2,1-5H3,(H,15,16)/t9?,10-,11-/m0/s1. The lowest BCUT2D eigenvalue weighted by atomic mass is 9.98. The van der Waals surface area contributed by atoms with Crippen LogP contribution in [0.3, 0.4) is 0 Å². The Hall–Kier alpha value is -0.770. The fourth-order valence-electron chi connectivity index (χ4n) is 1.94. The number of rotatable bonds is 1. The first-order chi connectivity index (χ1) is 7.78. The van der Waals surface area contributed by atoms with Gasteiger partial charge in [-0.15, -0.1) is 0 Å². The van der Waals surface area contributed by atoms with Crippen LogP contribution < -0.4 is 10.6 Å². The lowest BCUT2D eigenvalue weighted by molar-refractivity contribution is 0.0502. The van der Waals surface area contributed by atoms with E-state index < -0.39 is 5.60 Å². The minimum absolute atomic E-state index is 0.178. The lowest BCUT2D eigenvalue weighted by Gasteiger charge is -2.23. The summed E-state index contributed by atoms with van der Waals surface area (Å²) in [5.41, 5.74) is -0.428. The number of alkyl carbamates (subject to hydrolysis) is 1. The molecule has 0 aliphatic carbocycles. The van der Waals surface area contributed by atoms with Crippen LogP contribution in [0.15, 0.2) is 0 Å². The second-order valence-electron chi connectivity index (χ2n) is 6.09. The number of carbonyl (C=O) groups is 1. The van der Waals surface area contributed by atoms with Crippen molar-refractivity contribution in [3.05, 3.63) is 0 Å². The second-order valence-corrected chi connectivity index (χ2v) is 6.09. The molecule has 4 heteroatoms. The molecule has 0 saturated carbocycles. The van der Waals surface area contributed by atoms with E-state index in [2.05, 4.69) is 24.5 Å². The predicted molar refractivity (Wildman–Crippen MR) is 69.0 cm³/mol. The summed E-state index contributed by atoms with van der Waals surface area (Å²) >= 11 is 0. The number of nitrogens with one attached hydrogen (secondary N) is 2. The van der Waals surface area contributed by atoms with Crippen LogP contribution in [-0.2, 0) is 4.74 Å². The maximum atomic E-state index is 11.6. The molecule has 17 heavy (non-hydrogen) atoms. The SMILES string of the molecule is CC1CC[C@H](NC(=O)OC(C)(C)C)CN[C@H]1C. The van der Waals surface area contributed by atoms with E-state index in [9.17, 15) is 4.79 Å². The zero-order chi connectivity index (χ0) is 13.1. The predicted octanol–water partition coefficient (Wildman–Crippen LogP) is 2.29. The van der Waals surface area contributed by atoms with Gasteiger partial charge >= 0.3 is 6.09 Å². The molecule has 0 bridgehead atoms. The fourth-order valence-corrected chi connectivity index (χ4v) is 1.94. The van der Waals surface area contributed by atoms with Gasteiger partial charge in [-0.2, -0.15) is 0 Å². The first-order valence-electron chi connectivity index (χ1n) is 6.51. The molecule has 1 fully saturated rings. The zero-order valence-electron chi connectivity index (χ0n) is 11.7. The van der Waals surface area contributed by atoms with Crippen LogP contribution in [-0.4, -0.2) is 30.3 Å². The van der Waals surface area contributed by atoms with Crippen LogP contribution in [0.2, 0.25) is 0 Å². The minimum Gasteiger partial charge on any atom is -0.444 e. The Kier molecular flexibility index (Phi) is 4.80. The first kappa shape index (κ1) is 14.3. The van der Waals surface area contributed by atoms with Gasteiger partial charge in [-0.3, -0.25) is 0 Å². The number of carbonyl (C=O) groups excluding carboxylic acids is 1. The molecule has 0 spiro atoms. The Morgan fingerprint density at radius 3 is 2.53 bits per heavy atom. The van der Waals surface area contributed by atoms with Gasteiger partial charge in [-0.25, -0.2) is 4.79 Å². The van der Waals surface area contributed by atoms with E-state index in [0.29, 0.717) is 12.0 Å². The molecule has 2 N–H and O–H groups in total. The summed E-state index contributed by atoms with van der Waals surface area (Å²) in [4.78, 5) is 11.6. The average Bonchev–Trinajstić information content (AvgIpc) is 2.30. The Bertz CT molecular complexity index is 249. The first-order valence-corrected chi connectivity index (χ1v) is 6.51. The third-order valence-electron chi connectivity index (χ3n) is 3.23. The van der Waals surface area contributed by atoms with Gasteiger partial charge in [0.05, 0.1) is 0 Å². The Labute approximate surface area is 104 Å². The van der Waals surface area contributed by atoms with Gasteiger partial charge in [-0.1, -0.05) is 6.92 Å². The third kappa shape index (κ3) is 5.39. The quantitative estimate of drug-likeness (QED) is 0.741. The van der Waals surface area contributed by atoms with Crippen molar-refractivity contribution in [1.29, 1.82) is 0 Å². The third-order valence-corrected chi connectivity index (χ3v) is 3.23. The molecule has 0 aromatic rings. The van der Waals surface area contributed by atoms with Crippen molar-refractivity contribution in [3.8, 4) is 0 Å². The van der Waals surface area contributed by atoms with E-state index in [1.807, 2.05) is 20.8 Å². The van der Waals surface area contributed by atoms with Gasteiger partial charge in [0.15, 0.2) is 0 Å².